The Hall–Kier alpha value is -1.98. The molecule has 2 aliphatic heterocycles. The van der Waals surface area contributed by atoms with Crippen molar-refractivity contribution in [2.45, 2.75) is 18.5 Å². The largest absolute Gasteiger partial charge is 0.379 e. The minimum atomic E-state index is -0.323. The summed E-state index contributed by atoms with van der Waals surface area (Å²) < 4.78 is 18.3. The molecule has 2 unspecified atom stereocenters. The molecule has 3 rings (SSSR count). The molecule has 0 aliphatic carbocycles. The van der Waals surface area contributed by atoms with E-state index in [-0.39, 0.29) is 23.8 Å². The molecule has 7 heteroatoms. The highest BCUT2D eigenvalue weighted by molar-refractivity contribution is 5.82. The van der Waals surface area contributed by atoms with Gasteiger partial charge in [-0.25, -0.2) is 15.2 Å². The molecule has 1 aromatic carbocycles. The summed E-state index contributed by atoms with van der Waals surface area (Å²) in [5.74, 6) is 5.71. The Balaban J connectivity index is 1.38. The smallest absolute Gasteiger partial charge is 0.239 e. The number of hydrogen-bond acceptors (Lipinski definition) is 5. The van der Waals surface area contributed by atoms with E-state index >= 15 is 0 Å². The maximum absolute atomic E-state index is 13.0. The van der Waals surface area contributed by atoms with Crippen LogP contribution in [0.25, 0.3) is 0 Å². The molecule has 2 heterocycles. The van der Waals surface area contributed by atoms with Gasteiger partial charge in [-0.3, -0.25) is 9.69 Å². The molecule has 2 saturated heterocycles. The molecule has 0 spiro atoms. The Morgan fingerprint density at radius 1 is 1.24 bits per heavy atom. The minimum absolute atomic E-state index is 0.0104. The number of amides is 1. The summed E-state index contributed by atoms with van der Waals surface area (Å²) >= 11 is 0. The summed E-state index contributed by atoms with van der Waals surface area (Å²) in [6, 6.07) is 5.97. The van der Waals surface area contributed by atoms with E-state index in [1.165, 1.54) is 12.1 Å². The van der Waals surface area contributed by atoms with Crippen molar-refractivity contribution in [3.8, 4) is 11.8 Å². The molecular formula is C18H23FN4O2. The van der Waals surface area contributed by atoms with Gasteiger partial charge < -0.3 is 10.1 Å². The van der Waals surface area contributed by atoms with Gasteiger partial charge in [0, 0.05) is 19.1 Å². The van der Waals surface area contributed by atoms with E-state index in [0.29, 0.717) is 19.5 Å². The lowest BCUT2D eigenvalue weighted by Gasteiger charge is -2.24. The van der Waals surface area contributed by atoms with Crippen molar-refractivity contribution in [3.63, 3.8) is 0 Å². The number of ether oxygens (including phenoxy) is 1. The van der Waals surface area contributed by atoms with Crippen molar-refractivity contribution in [1.29, 1.82) is 0 Å². The van der Waals surface area contributed by atoms with Crippen LogP contribution in [0.4, 0.5) is 4.39 Å². The number of hydrazine groups is 1. The fourth-order valence-corrected chi connectivity index (χ4v) is 2.89. The topological polar surface area (TPSA) is 65.6 Å². The van der Waals surface area contributed by atoms with Crippen LogP contribution in [-0.4, -0.2) is 56.2 Å². The predicted molar refractivity (Wildman–Crippen MR) is 91.9 cm³/mol. The van der Waals surface area contributed by atoms with Gasteiger partial charge >= 0.3 is 0 Å². The maximum Gasteiger partial charge on any atom is 0.239 e. The van der Waals surface area contributed by atoms with Crippen molar-refractivity contribution in [2.75, 3.05) is 39.4 Å². The summed E-state index contributed by atoms with van der Waals surface area (Å²) in [4.78, 5) is 14.4. The number of hydrogen-bond donors (Lipinski definition) is 3. The summed E-state index contributed by atoms with van der Waals surface area (Å²) in [5.41, 5.74) is 7.02. The second-order valence-corrected chi connectivity index (χ2v) is 6.14. The molecular weight excluding hydrogens is 323 g/mol. The number of benzene rings is 1. The number of halogens is 1. The van der Waals surface area contributed by atoms with Gasteiger partial charge in [0.15, 0.2) is 0 Å². The van der Waals surface area contributed by atoms with Crippen LogP contribution >= 0.6 is 0 Å². The average molecular weight is 346 g/mol. The molecule has 2 fully saturated rings. The van der Waals surface area contributed by atoms with E-state index in [9.17, 15) is 9.18 Å². The highest BCUT2D eigenvalue weighted by atomic mass is 19.1. The van der Waals surface area contributed by atoms with Gasteiger partial charge in [-0.05, 0) is 24.1 Å². The fourth-order valence-electron chi connectivity index (χ4n) is 2.89. The highest BCUT2D eigenvalue weighted by Gasteiger charge is 2.29. The third-order valence-corrected chi connectivity index (χ3v) is 4.37. The van der Waals surface area contributed by atoms with Crippen LogP contribution in [0.1, 0.15) is 18.0 Å². The quantitative estimate of drug-likeness (QED) is 0.679. The summed E-state index contributed by atoms with van der Waals surface area (Å²) in [7, 11) is 0. The van der Waals surface area contributed by atoms with Gasteiger partial charge in [0.05, 0.1) is 26.3 Å². The molecule has 3 N–H and O–H groups in total. The molecule has 0 aromatic heterocycles. The Labute approximate surface area is 147 Å². The van der Waals surface area contributed by atoms with Gasteiger partial charge in [-0.2, -0.15) is 0 Å². The molecule has 6 nitrogen and oxygen atoms in total. The number of carbonyl (C=O) groups is 1. The van der Waals surface area contributed by atoms with Gasteiger partial charge in [-0.1, -0.05) is 24.0 Å². The Morgan fingerprint density at radius 3 is 2.76 bits per heavy atom. The Morgan fingerprint density at radius 2 is 2.00 bits per heavy atom. The van der Waals surface area contributed by atoms with Gasteiger partial charge in [0.2, 0.25) is 5.91 Å². The molecule has 25 heavy (non-hydrogen) atoms. The lowest BCUT2D eigenvalue weighted by Crippen LogP contribution is -2.43. The van der Waals surface area contributed by atoms with Crippen molar-refractivity contribution in [1.82, 2.24) is 21.1 Å². The van der Waals surface area contributed by atoms with E-state index in [4.69, 9.17) is 4.74 Å². The number of carbonyl (C=O) groups excluding carboxylic acids is 1. The van der Waals surface area contributed by atoms with Crippen LogP contribution in [0.2, 0.25) is 0 Å². The highest BCUT2D eigenvalue weighted by Crippen LogP contribution is 2.22. The summed E-state index contributed by atoms with van der Waals surface area (Å²) in [5, 5.41) is 2.83. The van der Waals surface area contributed by atoms with E-state index in [1.54, 1.807) is 12.1 Å². The molecule has 0 saturated carbocycles. The summed E-state index contributed by atoms with van der Waals surface area (Å²) in [6.07, 6.45) is 0.610. The van der Waals surface area contributed by atoms with Gasteiger partial charge in [0.25, 0.3) is 0 Å². The molecule has 134 valence electrons. The second kappa shape index (κ2) is 8.92. The first-order valence-corrected chi connectivity index (χ1v) is 8.52. The zero-order valence-corrected chi connectivity index (χ0v) is 14.1. The average Bonchev–Trinajstić information content (AvgIpc) is 3.13. The molecule has 2 aliphatic rings. The first-order chi connectivity index (χ1) is 12.2. The van der Waals surface area contributed by atoms with Crippen LogP contribution < -0.4 is 16.2 Å². The van der Waals surface area contributed by atoms with Crippen molar-refractivity contribution < 1.29 is 13.9 Å². The number of rotatable bonds is 4. The molecule has 0 radical (unpaired) electrons. The van der Waals surface area contributed by atoms with E-state index in [0.717, 1.165) is 31.9 Å². The lowest BCUT2D eigenvalue weighted by atomic mass is 10.0. The fraction of sp³-hybridized carbons (Fsp3) is 0.500. The number of nitrogens with one attached hydrogen (secondary N) is 3. The predicted octanol–water partition coefficient (Wildman–Crippen LogP) is 0.185. The second-order valence-electron chi connectivity index (χ2n) is 6.14. The zero-order chi connectivity index (χ0) is 17.5. The number of morpholine rings is 1. The molecule has 2 atom stereocenters. The molecule has 1 aromatic rings. The molecule has 0 bridgehead atoms. The van der Waals surface area contributed by atoms with Crippen LogP contribution in [0, 0.1) is 17.7 Å². The summed E-state index contributed by atoms with van der Waals surface area (Å²) in [6.45, 7) is 4.37. The molecule has 1 amide bonds. The third kappa shape index (κ3) is 5.25. The van der Waals surface area contributed by atoms with Crippen LogP contribution in [-0.2, 0) is 9.53 Å². The van der Waals surface area contributed by atoms with Crippen LogP contribution in [0.3, 0.4) is 0 Å². The Kier molecular flexibility index (Phi) is 6.36. The standard InChI is InChI=1S/C18H23FN4O2/c19-15-5-3-14(4-6-15)16-13-17(22-21-16)18(24)20-7-1-2-8-23-9-11-25-12-10-23/h3-6,16-17,21-22H,7-13H2,(H,20,24). The van der Waals surface area contributed by atoms with Crippen LogP contribution in [0.5, 0.6) is 0 Å². The van der Waals surface area contributed by atoms with Gasteiger partial charge in [-0.15, -0.1) is 0 Å². The maximum atomic E-state index is 13.0. The monoisotopic (exact) mass is 346 g/mol. The normalized spacial score (nSPS) is 23.7. The van der Waals surface area contributed by atoms with Crippen molar-refractivity contribution >= 4 is 5.91 Å². The van der Waals surface area contributed by atoms with E-state index in [1.807, 2.05) is 0 Å². The first-order valence-electron chi connectivity index (χ1n) is 8.52. The third-order valence-electron chi connectivity index (χ3n) is 4.37. The van der Waals surface area contributed by atoms with E-state index in [2.05, 4.69) is 32.9 Å². The lowest BCUT2D eigenvalue weighted by molar-refractivity contribution is -0.122. The number of nitrogens with zero attached hydrogens (tertiary/aromatic N) is 1. The van der Waals surface area contributed by atoms with Crippen molar-refractivity contribution in [3.05, 3.63) is 35.6 Å². The van der Waals surface area contributed by atoms with Crippen LogP contribution in [0.15, 0.2) is 24.3 Å². The van der Waals surface area contributed by atoms with Crippen molar-refractivity contribution in [2.24, 2.45) is 0 Å². The van der Waals surface area contributed by atoms with Gasteiger partial charge in [0.1, 0.15) is 11.9 Å². The minimum Gasteiger partial charge on any atom is -0.379 e. The zero-order valence-electron chi connectivity index (χ0n) is 14.1. The van der Waals surface area contributed by atoms with E-state index < -0.39 is 0 Å². The Bertz CT molecular complexity index is 635. The SMILES string of the molecule is O=C(NCC#CCN1CCOCC1)C1CC(c2ccc(F)cc2)NN1. The first kappa shape index (κ1) is 17.8.